The Balaban J connectivity index is 1.79. The Morgan fingerprint density at radius 3 is 2.42 bits per heavy atom. The predicted octanol–water partition coefficient (Wildman–Crippen LogP) is 4.17. The molecular formula is C21H21F3N4O5. The number of nitrogens with zero attached hydrogens (tertiary/aromatic N) is 2. The zero-order chi connectivity index (χ0) is 24.3. The monoisotopic (exact) mass is 466 g/mol. The number of nitrogens with one attached hydrogen (secondary N) is 2. The van der Waals surface area contributed by atoms with Crippen molar-refractivity contribution in [3.63, 3.8) is 0 Å². The molecule has 9 nitrogen and oxygen atoms in total. The zero-order valence-corrected chi connectivity index (χ0v) is 17.8. The summed E-state index contributed by atoms with van der Waals surface area (Å²) in [7, 11) is 0. The highest BCUT2D eigenvalue weighted by atomic mass is 19.4. The van der Waals surface area contributed by atoms with Gasteiger partial charge in [-0.05, 0) is 49.7 Å². The minimum atomic E-state index is -4.86. The Labute approximate surface area is 186 Å². The van der Waals surface area contributed by atoms with Crippen molar-refractivity contribution >= 4 is 29.4 Å². The highest BCUT2D eigenvalue weighted by molar-refractivity contribution is 6.21. The Kier molecular flexibility index (Phi) is 6.75. The molecule has 176 valence electrons. The van der Waals surface area contributed by atoms with Crippen molar-refractivity contribution in [3.8, 4) is 5.75 Å². The molecule has 33 heavy (non-hydrogen) atoms. The van der Waals surface area contributed by atoms with Crippen LogP contribution in [0.15, 0.2) is 42.7 Å². The number of ether oxygens (including phenoxy) is 2. The van der Waals surface area contributed by atoms with E-state index in [0.29, 0.717) is 11.3 Å². The van der Waals surface area contributed by atoms with Crippen LogP contribution in [-0.2, 0) is 9.53 Å². The molecule has 4 amide bonds. The number of benzene rings is 1. The van der Waals surface area contributed by atoms with Crippen LogP contribution in [0.25, 0.3) is 0 Å². The van der Waals surface area contributed by atoms with Gasteiger partial charge in [0.25, 0.3) is 5.91 Å². The van der Waals surface area contributed by atoms with Crippen molar-refractivity contribution in [3.05, 3.63) is 48.3 Å². The lowest BCUT2D eigenvalue weighted by molar-refractivity contribution is -0.274. The lowest BCUT2D eigenvalue weighted by atomic mass is 9.92. The third-order valence-corrected chi connectivity index (χ3v) is 4.72. The van der Waals surface area contributed by atoms with E-state index in [1.165, 1.54) is 24.5 Å². The van der Waals surface area contributed by atoms with E-state index in [1.54, 1.807) is 26.8 Å². The number of imide groups is 1. The van der Waals surface area contributed by atoms with Gasteiger partial charge in [-0.1, -0.05) is 6.92 Å². The number of aromatic nitrogens is 1. The maximum Gasteiger partial charge on any atom is 0.573 e. The molecule has 2 heterocycles. The van der Waals surface area contributed by atoms with Crippen LogP contribution in [-0.4, -0.2) is 41.5 Å². The fourth-order valence-corrected chi connectivity index (χ4v) is 3.32. The van der Waals surface area contributed by atoms with Crippen LogP contribution < -0.4 is 20.3 Å². The van der Waals surface area contributed by atoms with Crippen molar-refractivity contribution < 1.29 is 37.0 Å². The second-order valence-corrected chi connectivity index (χ2v) is 7.47. The molecule has 0 radical (unpaired) electrons. The van der Waals surface area contributed by atoms with E-state index < -0.39 is 42.1 Å². The summed E-state index contributed by atoms with van der Waals surface area (Å²) in [6.07, 6.45) is -3.04. The van der Waals surface area contributed by atoms with Gasteiger partial charge in [0.15, 0.2) is 0 Å². The molecule has 2 atom stereocenters. The summed E-state index contributed by atoms with van der Waals surface area (Å²) in [5.41, 5.74) is 0.917. The summed E-state index contributed by atoms with van der Waals surface area (Å²) in [5, 5.41) is 5.15. The molecule has 1 saturated heterocycles. The van der Waals surface area contributed by atoms with E-state index in [0.717, 1.165) is 17.0 Å². The minimum Gasteiger partial charge on any atom is -0.447 e. The molecule has 1 aliphatic heterocycles. The van der Waals surface area contributed by atoms with Gasteiger partial charge in [-0.25, -0.2) is 14.5 Å². The number of anilines is 2. The zero-order valence-electron chi connectivity index (χ0n) is 17.8. The smallest absolute Gasteiger partial charge is 0.447 e. The number of pyridine rings is 1. The summed E-state index contributed by atoms with van der Waals surface area (Å²) < 4.78 is 45.9. The number of alkyl halides is 3. The number of halogens is 3. The number of hydrogen-bond acceptors (Lipinski definition) is 6. The molecular weight excluding hydrogens is 445 g/mol. The quantitative estimate of drug-likeness (QED) is 0.619. The summed E-state index contributed by atoms with van der Waals surface area (Å²) >= 11 is 0. The second kappa shape index (κ2) is 9.35. The number of urea groups is 1. The van der Waals surface area contributed by atoms with E-state index in [9.17, 15) is 27.6 Å². The van der Waals surface area contributed by atoms with Crippen LogP contribution in [0, 0.1) is 0 Å². The first kappa shape index (κ1) is 23.8. The largest absolute Gasteiger partial charge is 0.573 e. The van der Waals surface area contributed by atoms with Gasteiger partial charge in [-0.3, -0.25) is 15.1 Å². The fourth-order valence-electron chi connectivity index (χ4n) is 3.32. The van der Waals surface area contributed by atoms with Crippen LogP contribution in [0.3, 0.4) is 0 Å². The van der Waals surface area contributed by atoms with Crippen molar-refractivity contribution in [2.75, 3.05) is 10.2 Å². The van der Waals surface area contributed by atoms with Gasteiger partial charge >= 0.3 is 18.5 Å². The van der Waals surface area contributed by atoms with Crippen molar-refractivity contribution in [2.45, 2.75) is 45.2 Å². The maximum absolute atomic E-state index is 13.0. The second-order valence-electron chi connectivity index (χ2n) is 7.47. The molecule has 12 heteroatoms. The van der Waals surface area contributed by atoms with Gasteiger partial charge in [0.2, 0.25) is 0 Å². The third-order valence-electron chi connectivity index (χ3n) is 4.72. The first-order valence-electron chi connectivity index (χ1n) is 9.88. The van der Waals surface area contributed by atoms with Gasteiger partial charge in [0.05, 0.1) is 23.7 Å². The first-order chi connectivity index (χ1) is 15.5. The normalized spacial score (nSPS) is 17.1. The number of rotatable bonds is 6. The molecule has 1 fully saturated rings. The van der Waals surface area contributed by atoms with Gasteiger partial charge in [0, 0.05) is 12.1 Å². The molecule has 0 bridgehead atoms. The fraction of sp³-hybridized carbons (Fsp3) is 0.333. The number of carbonyl (C=O) groups excluding carboxylic acids is 3. The van der Waals surface area contributed by atoms with E-state index in [-0.39, 0.29) is 11.8 Å². The van der Waals surface area contributed by atoms with Crippen LogP contribution in [0.1, 0.15) is 32.3 Å². The third kappa shape index (κ3) is 5.70. The minimum absolute atomic E-state index is 0.0790. The summed E-state index contributed by atoms with van der Waals surface area (Å²) in [6, 6.07) is 4.23. The Hall–Kier alpha value is -3.83. The topological polar surface area (TPSA) is 110 Å². The molecule has 0 spiro atoms. The molecule has 3 rings (SSSR count). The molecule has 1 aliphatic rings. The molecule has 2 aromatic rings. The van der Waals surface area contributed by atoms with E-state index in [4.69, 9.17) is 4.74 Å². The summed E-state index contributed by atoms with van der Waals surface area (Å²) in [5.74, 6) is -1.68. The summed E-state index contributed by atoms with van der Waals surface area (Å²) in [6.45, 7) is 5.06. The average molecular weight is 466 g/mol. The standard InChI is InChI=1S/C21H21F3N4O5/c1-11(2)32-20(31)26-16-10-25-9-8-15(16)12(3)17-18(29)28(19(30)27-17)13-4-6-14(7-5-13)33-21(22,23)24/h4-12,17H,1-3H3,(H,26,31)(H,27,30). The van der Waals surface area contributed by atoms with E-state index in [2.05, 4.69) is 20.4 Å². The molecule has 1 aromatic heterocycles. The van der Waals surface area contributed by atoms with Crippen LogP contribution in [0.4, 0.5) is 34.1 Å². The van der Waals surface area contributed by atoms with Crippen LogP contribution in [0.2, 0.25) is 0 Å². The molecule has 2 unspecified atom stereocenters. The number of carbonyl (C=O) groups is 3. The molecule has 0 saturated carbocycles. The Bertz CT molecular complexity index is 1040. The van der Waals surface area contributed by atoms with Crippen molar-refractivity contribution in [1.82, 2.24) is 10.3 Å². The highest BCUT2D eigenvalue weighted by Crippen LogP contribution is 2.32. The summed E-state index contributed by atoms with van der Waals surface area (Å²) in [4.78, 5) is 42.3. The Morgan fingerprint density at radius 2 is 1.82 bits per heavy atom. The van der Waals surface area contributed by atoms with Crippen LogP contribution in [0.5, 0.6) is 5.75 Å². The molecule has 0 aliphatic carbocycles. The lowest BCUT2D eigenvalue weighted by Crippen LogP contribution is -2.35. The maximum atomic E-state index is 13.0. The number of amides is 4. The predicted molar refractivity (Wildman–Crippen MR) is 111 cm³/mol. The average Bonchev–Trinajstić information content (AvgIpc) is 3.01. The first-order valence-corrected chi connectivity index (χ1v) is 9.88. The van der Waals surface area contributed by atoms with Crippen molar-refractivity contribution in [2.24, 2.45) is 0 Å². The van der Waals surface area contributed by atoms with E-state index in [1.807, 2.05) is 0 Å². The van der Waals surface area contributed by atoms with Crippen LogP contribution >= 0.6 is 0 Å². The van der Waals surface area contributed by atoms with Gasteiger partial charge in [-0.15, -0.1) is 13.2 Å². The van der Waals surface area contributed by atoms with E-state index >= 15 is 0 Å². The highest BCUT2D eigenvalue weighted by Gasteiger charge is 2.43. The molecule has 1 aromatic carbocycles. The van der Waals surface area contributed by atoms with Gasteiger partial charge < -0.3 is 14.8 Å². The van der Waals surface area contributed by atoms with Crippen molar-refractivity contribution in [1.29, 1.82) is 0 Å². The lowest BCUT2D eigenvalue weighted by Gasteiger charge is -2.21. The van der Waals surface area contributed by atoms with Gasteiger partial charge in [0.1, 0.15) is 11.8 Å². The molecule has 2 N–H and O–H groups in total. The number of hydrogen-bond donors (Lipinski definition) is 2. The van der Waals surface area contributed by atoms with Gasteiger partial charge in [-0.2, -0.15) is 0 Å². The SMILES string of the molecule is CC(C)OC(=O)Nc1cnccc1C(C)C1NC(=O)N(c2ccc(OC(F)(F)F)cc2)C1=O. The Morgan fingerprint density at radius 1 is 1.15 bits per heavy atom.